The van der Waals surface area contributed by atoms with Crippen LogP contribution in [0.4, 0.5) is 5.69 Å². The Hall–Kier alpha value is -1.10. The summed E-state index contributed by atoms with van der Waals surface area (Å²) in [4.78, 5) is 10.0. The number of ether oxygens (including phenoxy) is 1. The zero-order valence-electron chi connectivity index (χ0n) is 6.99. The largest absolute Gasteiger partial charge is 0.496 e. The molecule has 1 aromatic rings. The van der Waals surface area contributed by atoms with Crippen molar-refractivity contribution in [2.45, 2.75) is 5.33 Å². The Morgan fingerprint density at radius 2 is 2.23 bits per heavy atom. The number of alkyl halides is 1. The van der Waals surface area contributed by atoms with Crippen molar-refractivity contribution in [1.82, 2.24) is 0 Å². The van der Waals surface area contributed by atoms with Gasteiger partial charge in [-0.3, -0.25) is 10.1 Å². The summed E-state index contributed by atoms with van der Waals surface area (Å²) in [6, 6.07) is 4.66. The molecule has 0 saturated heterocycles. The van der Waals surface area contributed by atoms with Gasteiger partial charge in [-0.15, -0.1) is 0 Å². The minimum Gasteiger partial charge on any atom is -0.496 e. The third kappa shape index (κ3) is 2.42. The topological polar surface area (TPSA) is 52.4 Å². The molecule has 70 valence electrons. The van der Waals surface area contributed by atoms with E-state index in [-0.39, 0.29) is 5.69 Å². The highest BCUT2D eigenvalue weighted by molar-refractivity contribution is 9.08. The molecule has 4 nitrogen and oxygen atoms in total. The molecular weight excluding hydrogens is 238 g/mol. The molecule has 0 atom stereocenters. The number of nitro benzene ring substituents is 1. The molecular formula is C8H8BrNO3. The average molecular weight is 246 g/mol. The predicted octanol–water partition coefficient (Wildman–Crippen LogP) is 2.50. The predicted molar refractivity (Wildman–Crippen MR) is 52.3 cm³/mol. The average Bonchev–Trinajstić information content (AvgIpc) is 2.16. The molecule has 1 aromatic carbocycles. The molecule has 0 aliphatic carbocycles. The number of nitro groups is 1. The normalized spacial score (nSPS) is 9.69. The second kappa shape index (κ2) is 4.23. The van der Waals surface area contributed by atoms with Crippen LogP contribution in [-0.4, -0.2) is 12.0 Å². The third-order valence-electron chi connectivity index (χ3n) is 1.55. The van der Waals surface area contributed by atoms with Gasteiger partial charge >= 0.3 is 0 Å². The lowest BCUT2D eigenvalue weighted by molar-refractivity contribution is -0.385. The summed E-state index contributed by atoms with van der Waals surface area (Å²) in [6.07, 6.45) is 0. The van der Waals surface area contributed by atoms with Gasteiger partial charge in [-0.1, -0.05) is 15.9 Å². The minimum absolute atomic E-state index is 0.0498. The molecule has 1 rings (SSSR count). The molecule has 0 radical (unpaired) electrons. The first-order valence-corrected chi connectivity index (χ1v) is 4.68. The van der Waals surface area contributed by atoms with Crippen molar-refractivity contribution in [3.8, 4) is 5.75 Å². The van der Waals surface area contributed by atoms with Crippen molar-refractivity contribution in [2.24, 2.45) is 0 Å². The fraction of sp³-hybridized carbons (Fsp3) is 0.250. The summed E-state index contributed by atoms with van der Waals surface area (Å²) < 4.78 is 4.92. The number of hydrogen-bond acceptors (Lipinski definition) is 3. The van der Waals surface area contributed by atoms with E-state index < -0.39 is 4.92 Å². The Labute approximate surface area is 83.8 Å². The first kappa shape index (κ1) is 9.98. The van der Waals surface area contributed by atoms with E-state index >= 15 is 0 Å². The lowest BCUT2D eigenvalue weighted by Gasteiger charge is -2.01. The molecule has 0 aromatic heterocycles. The lowest BCUT2D eigenvalue weighted by atomic mass is 10.2. The zero-order valence-corrected chi connectivity index (χ0v) is 8.58. The number of methoxy groups -OCH3 is 1. The summed E-state index contributed by atoms with van der Waals surface area (Å²) in [6.45, 7) is 0. The fourth-order valence-electron chi connectivity index (χ4n) is 0.944. The van der Waals surface area contributed by atoms with Crippen LogP contribution in [0.15, 0.2) is 18.2 Å². The molecule has 0 bridgehead atoms. The first-order chi connectivity index (χ1) is 6.17. The molecule has 0 spiro atoms. The summed E-state index contributed by atoms with van der Waals surface area (Å²) in [5.74, 6) is 0.503. The monoisotopic (exact) mass is 245 g/mol. The van der Waals surface area contributed by atoms with Gasteiger partial charge in [0.05, 0.1) is 18.1 Å². The Kier molecular flexibility index (Phi) is 3.25. The van der Waals surface area contributed by atoms with E-state index in [0.717, 1.165) is 5.56 Å². The molecule has 0 amide bonds. The van der Waals surface area contributed by atoms with E-state index in [1.165, 1.54) is 19.2 Å². The second-order valence-electron chi connectivity index (χ2n) is 2.43. The van der Waals surface area contributed by atoms with Crippen LogP contribution in [0.2, 0.25) is 0 Å². The zero-order chi connectivity index (χ0) is 9.84. The standard InChI is InChI=1S/C8H8BrNO3/c1-13-8-3-6(5-9)2-7(4-8)10(11)12/h2-4H,5H2,1H3. The molecule has 5 heteroatoms. The Morgan fingerprint density at radius 1 is 1.54 bits per heavy atom. The Balaban J connectivity index is 3.14. The quantitative estimate of drug-likeness (QED) is 0.467. The minimum atomic E-state index is -0.436. The lowest BCUT2D eigenvalue weighted by Crippen LogP contribution is -1.92. The highest BCUT2D eigenvalue weighted by atomic mass is 79.9. The maximum Gasteiger partial charge on any atom is 0.273 e. The number of nitrogens with zero attached hydrogens (tertiary/aromatic N) is 1. The second-order valence-corrected chi connectivity index (χ2v) is 2.99. The van der Waals surface area contributed by atoms with E-state index in [9.17, 15) is 10.1 Å². The number of rotatable bonds is 3. The van der Waals surface area contributed by atoms with Crippen LogP contribution in [0.25, 0.3) is 0 Å². The van der Waals surface area contributed by atoms with Crippen molar-refractivity contribution in [2.75, 3.05) is 7.11 Å². The van der Waals surface area contributed by atoms with Crippen molar-refractivity contribution in [3.05, 3.63) is 33.9 Å². The first-order valence-electron chi connectivity index (χ1n) is 3.55. The van der Waals surface area contributed by atoms with Gasteiger partial charge in [-0.05, 0) is 11.6 Å². The summed E-state index contributed by atoms with van der Waals surface area (Å²) >= 11 is 3.23. The number of hydrogen-bond donors (Lipinski definition) is 0. The number of benzene rings is 1. The van der Waals surface area contributed by atoms with Gasteiger partial charge in [0.25, 0.3) is 5.69 Å². The van der Waals surface area contributed by atoms with Gasteiger partial charge in [0.15, 0.2) is 0 Å². The Morgan fingerprint density at radius 3 is 2.69 bits per heavy atom. The van der Waals surface area contributed by atoms with Crippen LogP contribution in [0.5, 0.6) is 5.75 Å². The maximum absolute atomic E-state index is 10.5. The van der Waals surface area contributed by atoms with Gasteiger partial charge in [0.1, 0.15) is 5.75 Å². The van der Waals surface area contributed by atoms with Crippen molar-refractivity contribution in [3.63, 3.8) is 0 Å². The molecule has 0 N–H and O–H groups in total. The molecule has 0 fully saturated rings. The summed E-state index contributed by atoms with van der Waals surface area (Å²) in [5.41, 5.74) is 0.875. The van der Waals surface area contributed by atoms with Crippen LogP contribution < -0.4 is 4.74 Å². The van der Waals surface area contributed by atoms with Crippen molar-refractivity contribution >= 4 is 21.6 Å². The highest BCUT2D eigenvalue weighted by Crippen LogP contribution is 2.23. The SMILES string of the molecule is COc1cc(CBr)cc([N+](=O)[O-])c1. The van der Waals surface area contributed by atoms with E-state index in [1.807, 2.05) is 0 Å². The van der Waals surface area contributed by atoms with Gasteiger partial charge in [-0.2, -0.15) is 0 Å². The molecule has 13 heavy (non-hydrogen) atoms. The number of halogens is 1. The van der Waals surface area contributed by atoms with Crippen LogP contribution in [0, 0.1) is 10.1 Å². The van der Waals surface area contributed by atoms with Crippen molar-refractivity contribution < 1.29 is 9.66 Å². The van der Waals surface area contributed by atoms with Crippen LogP contribution >= 0.6 is 15.9 Å². The van der Waals surface area contributed by atoms with Crippen LogP contribution in [0.3, 0.4) is 0 Å². The van der Waals surface area contributed by atoms with E-state index in [0.29, 0.717) is 11.1 Å². The van der Waals surface area contributed by atoms with Crippen LogP contribution in [0.1, 0.15) is 5.56 Å². The van der Waals surface area contributed by atoms with Gasteiger partial charge < -0.3 is 4.74 Å². The van der Waals surface area contributed by atoms with Crippen molar-refractivity contribution in [1.29, 1.82) is 0 Å². The Bertz CT molecular complexity index is 305. The molecule has 0 saturated carbocycles. The third-order valence-corrected chi connectivity index (χ3v) is 2.20. The summed E-state index contributed by atoms with van der Waals surface area (Å²) in [7, 11) is 1.48. The van der Waals surface area contributed by atoms with E-state index in [2.05, 4.69) is 15.9 Å². The van der Waals surface area contributed by atoms with Gasteiger partial charge in [0, 0.05) is 11.4 Å². The van der Waals surface area contributed by atoms with E-state index in [4.69, 9.17) is 4.74 Å². The van der Waals surface area contributed by atoms with Gasteiger partial charge in [-0.25, -0.2) is 0 Å². The van der Waals surface area contributed by atoms with Crippen LogP contribution in [-0.2, 0) is 5.33 Å². The maximum atomic E-state index is 10.5. The fourth-order valence-corrected chi connectivity index (χ4v) is 1.27. The molecule has 0 aliphatic rings. The molecule has 0 aliphatic heterocycles. The summed E-state index contributed by atoms with van der Waals surface area (Å²) in [5, 5.41) is 11.0. The molecule has 0 heterocycles. The van der Waals surface area contributed by atoms with E-state index in [1.54, 1.807) is 6.07 Å². The highest BCUT2D eigenvalue weighted by Gasteiger charge is 2.08. The van der Waals surface area contributed by atoms with Gasteiger partial charge in [0.2, 0.25) is 0 Å². The molecule has 0 unspecified atom stereocenters. The number of non-ortho nitro benzene ring substituents is 1. The smallest absolute Gasteiger partial charge is 0.273 e.